The number of ether oxygens (including phenoxy) is 1. The number of amides is 4. The predicted octanol–water partition coefficient (Wildman–Crippen LogP) is 1.14. The third kappa shape index (κ3) is 3.94. The van der Waals surface area contributed by atoms with Crippen LogP contribution in [0.4, 0.5) is 9.18 Å². The van der Waals surface area contributed by atoms with Crippen LogP contribution in [0.1, 0.15) is 25.3 Å². The van der Waals surface area contributed by atoms with E-state index in [1.165, 1.54) is 30.1 Å². The van der Waals surface area contributed by atoms with Crippen molar-refractivity contribution in [3.8, 4) is 0 Å². The Hall–Kier alpha value is -2.97. The third-order valence-corrected chi connectivity index (χ3v) is 5.53. The zero-order valence-electron chi connectivity index (χ0n) is 16.5. The van der Waals surface area contributed by atoms with Gasteiger partial charge in [0, 0.05) is 46.1 Å². The molecule has 4 amide bonds. The largest absolute Gasteiger partial charge is 0.450 e. The van der Waals surface area contributed by atoms with Crippen LogP contribution < -0.4 is 0 Å². The van der Waals surface area contributed by atoms with Crippen molar-refractivity contribution in [2.75, 3.05) is 39.8 Å². The summed E-state index contributed by atoms with van der Waals surface area (Å²) in [5.74, 6) is -1.76. The van der Waals surface area contributed by atoms with Gasteiger partial charge in [0.05, 0.1) is 12.0 Å². The van der Waals surface area contributed by atoms with E-state index in [9.17, 15) is 23.6 Å². The third-order valence-electron chi connectivity index (χ3n) is 5.53. The molecule has 2 saturated heterocycles. The lowest BCUT2D eigenvalue weighted by molar-refractivity contribution is -0.142. The van der Waals surface area contributed by atoms with E-state index in [1.807, 2.05) is 0 Å². The molecule has 0 aliphatic carbocycles. The molecule has 2 heterocycles. The van der Waals surface area contributed by atoms with Crippen molar-refractivity contribution in [2.45, 2.75) is 25.2 Å². The topological polar surface area (TPSA) is 87.2 Å². The highest BCUT2D eigenvalue weighted by molar-refractivity contribution is 6.10. The number of piperazine rings is 1. The van der Waals surface area contributed by atoms with Crippen molar-refractivity contribution >= 4 is 23.8 Å². The first-order chi connectivity index (χ1) is 13.8. The molecule has 29 heavy (non-hydrogen) atoms. The number of hydrogen-bond acceptors (Lipinski definition) is 5. The van der Waals surface area contributed by atoms with E-state index in [2.05, 4.69) is 0 Å². The van der Waals surface area contributed by atoms with Gasteiger partial charge in [-0.1, -0.05) is 12.1 Å². The summed E-state index contributed by atoms with van der Waals surface area (Å²) in [6.07, 6.45) is -0.834. The minimum Gasteiger partial charge on any atom is -0.450 e. The molecule has 1 atom stereocenters. The standard InChI is InChI=1S/C20H24FN3O5/c1-3-29-19(28)24-9-7-23(8-10-24)17(26)13-20(12-16(25)22(2)18(20)27)14-5-4-6-15(21)11-14/h4-6,11H,3,7-10,12-13H2,1-2H3. The summed E-state index contributed by atoms with van der Waals surface area (Å²) in [4.78, 5) is 54.0. The van der Waals surface area contributed by atoms with Gasteiger partial charge >= 0.3 is 6.09 Å². The van der Waals surface area contributed by atoms with Gasteiger partial charge < -0.3 is 14.5 Å². The van der Waals surface area contributed by atoms with Gasteiger partial charge in [-0.05, 0) is 24.6 Å². The molecular formula is C20H24FN3O5. The molecule has 8 nitrogen and oxygen atoms in total. The number of likely N-dealkylation sites (N-methyl/N-ethyl adjacent to an activating group) is 1. The van der Waals surface area contributed by atoms with Gasteiger partial charge in [-0.15, -0.1) is 0 Å². The number of nitrogens with zero attached hydrogens (tertiary/aromatic N) is 3. The molecule has 0 spiro atoms. The predicted molar refractivity (Wildman–Crippen MR) is 100 cm³/mol. The number of carbonyl (C=O) groups excluding carboxylic acids is 4. The van der Waals surface area contributed by atoms with E-state index in [0.717, 1.165) is 4.90 Å². The van der Waals surface area contributed by atoms with Crippen molar-refractivity contribution in [3.63, 3.8) is 0 Å². The highest BCUT2D eigenvalue weighted by Gasteiger charge is 2.53. The fourth-order valence-corrected chi connectivity index (χ4v) is 3.86. The van der Waals surface area contributed by atoms with Crippen LogP contribution in [-0.4, -0.2) is 78.3 Å². The SMILES string of the molecule is CCOC(=O)N1CCN(C(=O)CC2(c3cccc(F)c3)CC(=O)N(C)C2=O)CC1. The van der Waals surface area contributed by atoms with Gasteiger partial charge in [-0.3, -0.25) is 19.3 Å². The molecule has 1 unspecified atom stereocenters. The average molecular weight is 405 g/mol. The summed E-state index contributed by atoms with van der Waals surface area (Å²) in [6.45, 7) is 3.25. The van der Waals surface area contributed by atoms with E-state index in [1.54, 1.807) is 17.9 Å². The van der Waals surface area contributed by atoms with Crippen LogP contribution in [0.25, 0.3) is 0 Å². The van der Waals surface area contributed by atoms with E-state index in [4.69, 9.17) is 4.74 Å². The molecule has 2 aliphatic heterocycles. The lowest BCUT2D eigenvalue weighted by Gasteiger charge is -2.36. The summed E-state index contributed by atoms with van der Waals surface area (Å²) >= 11 is 0. The Balaban J connectivity index is 1.78. The van der Waals surface area contributed by atoms with E-state index < -0.39 is 29.1 Å². The van der Waals surface area contributed by atoms with Crippen LogP contribution in [0.5, 0.6) is 0 Å². The first-order valence-electron chi connectivity index (χ1n) is 9.55. The minimum atomic E-state index is -1.41. The summed E-state index contributed by atoms with van der Waals surface area (Å²) < 4.78 is 18.8. The lowest BCUT2D eigenvalue weighted by Crippen LogP contribution is -2.52. The molecule has 9 heteroatoms. The van der Waals surface area contributed by atoms with Crippen LogP contribution in [0.2, 0.25) is 0 Å². The Kier molecular flexibility index (Phi) is 5.86. The van der Waals surface area contributed by atoms with Gasteiger partial charge in [0.25, 0.3) is 0 Å². The molecule has 0 radical (unpaired) electrons. The zero-order valence-corrected chi connectivity index (χ0v) is 16.5. The molecule has 2 aliphatic rings. The Morgan fingerprint density at radius 3 is 2.34 bits per heavy atom. The molecule has 3 rings (SSSR count). The highest BCUT2D eigenvalue weighted by atomic mass is 19.1. The van der Waals surface area contributed by atoms with Crippen LogP contribution in [0.3, 0.4) is 0 Å². The highest BCUT2D eigenvalue weighted by Crippen LogP contribution is 2.40. The molecule has 1 aromatic carbocycles. The fourth-order valence-electron chi connectivity index (χ4n) is 3.86. The Morgan fingerprint density at radius 2 is 1.79 bits per heavy atom. The normalized spacial score (nSPS) is 22.2. The minimum absolute atomic E-state index is 0.180. The number of carbonyl (C=O) groups is 4. The van der Waals surface area contributed by atoms with Gasteiger partial charge in [-0.2, -0.15) is 0 Å². The van der Waals surface area contributed by atoms with Crippen LogP contribution in [0.15, 0.2) is 24.3 Å². The summed E-state index contributed by atoms with van der Waals surface area (Å²) in [6, 6.07) is 5.49. The maximum atomic E-state index is 13.8. The summed E-state index contributed by atoms with van der Waals surface area (Å²) in [5, 5.41) is 0. The van der Waals surface area contributed by atoms with E-state index in [-0.39, 0.29) is 25.4 Å². The van der Waals surface area contributed by atoms with Gasteiger partial charge in [0.1, 0.15) is 5.82 Å². The van der Waals surface area contributed by atoms with Crippen LogP contribution >= 0.6 is 0 Å². The first-order valence-corrected chi connectivity index (χ1v) is 9.55. The zero-order chi connectivity index (χ0) is 21.2. The Morgan fingerprint density at radius 1 is 1.14 bits per heavy atom. The second-order valence-electron chi connectivity index (χ2n) is 7.27. The second-order valence-corrected chi connectivity index (χ2v) is 7.27. The molecule has 0 aromatic heterocycles. The molecule has 1 aromatic rings. The molecule has 156 valence electrons. The summed E-state index contributed by atoms with van der Waals surface area (Å²) in [7, 11) is 1.37. The fraction of sp³-hybridized carbons (Fsp3) is 0.500. The quantitative estimate of drug-likeness (QED) is 0.702. The molecular weight excluding hydrogens is 381 g/mol. The average Bonchev–Trinajstić information content (AvgIpc) is 2.92. The first kappa shape index (κ1) is 20.8. The monoisotopic (exact) mass is 405 g/mol. The summed E-state index contributed by atoms with van der Waals surface area (Å²) in [5.41, 5.74) is -1.10. The molecule has 0 bridgehead atoms. The number of hydrogen-bond donors (Lipinski definition) is 0. The van der Waals surface area contributed by atoms with Crippen molar-refractivity contribution in [2.24, 2.45) is 0 Å². The molecule has 0 N–H and O–H groups in total. The van der Waals surface area contributed by atoms with Crippen LogP contribution in [0, 0.1) is 5.82 Å². The van der Waals surface area contributed by atoms with Crippen molar-refractivity contribution in [1.82, 2.24) is 14.7 Å². The van der Waals surface area contributed by atoms with E-state index in [0.29, 0.717) is 31.7 Å². The van der Waals surface area contributed by atoms with Gasteiger partial charge in [-0.25, -0.2) is 9.18 Å². The maximum absolute atomic E-state index is 13.8. The smallest absolute Gasteiger partial charge is 0.409 e. The van der Waals surface area contributed by atoms with E-state index >= 15 is 0 Å². The number of benzene rings is 1. The Bertz CT molecular complexity index is 837. The molecule has 0 saturated carbocycles. The van der Waals surface area contributed by atoms with Gasteiger partial charge in [0.2, 0.25) is 17.7 Å². The van der Waals surface area contributed by atoms with Crippen LogP contribution in [-0.2, 0) is 24.5 Å². The number of likely N-dealkylation sites (tertiary alicyclic amines) is 1. The number of rotatable bonds is 4. The molecule has 2 fully saturated rings. The number of imide groups is 1. The number of halogens is 1. The second kappa shape index (κ2) is 8.18. The van der Waals surface area contributed by atoms with Gasteiger partial charge in [0.15, 0.2) is 0 Å². The Labute approximate surface area is 168 Å². The van der Waals surface area contributed by atoms with Crippen molar-refractivity contribution in [1.29, 1.82) is 0 Å². The van der Waals surface area contributed by atoms with Crippen molar-refractivity contribution in [3.05, 3.63) is 35.6 Å². The van der Waals surface area contributed by atoms with Crippen molar-refractivity contribution < 1.29 is 28.3 Å². The maximum Gasteiger partial charge on any atom is 0.409 e. The lowest BCUT2D eigenvalue weighted by atomic mass is 9.75.